The second-order valence-electron chi connectivity index (χ2n) is 4.24. The van der Waals surface area contributed by atoms with Crippen molar-refractivity contribution < 1.29 is 19.1 Å². The van der Waals surface area contributed by atoms with Crippen LogP contribution in [0.25, 0.3) is 0 Å². The average molecular weight is 274 g/mol. The van der Waals surface area contributed by atoms with Gasteiger partial charge in [-0.25, -0.2) is 14.3 Å². The second kappa shape index (κ2) is 5.56. The predicted molar refractivity (Wildman–Crippen MR) is 70.7 cm³/mol. The highest BCUT2D eigenvalue weighted by atomic mass is 16.5. The van der Waals surface area contributed by atoms with E-state index in [4.69, 9.17) is 4.74 Å². The highest BCUT2D eigenvalue weighted by Crippen LogP contribution is 2.15. The largest absolute Gasteiger partial charge is 0.464 e. The van der Waals surface area contributed by atoms with Crippen molar-refractivity contribution in [3.05, 3.63) is 47.2 Å². The van der Waals surface area contributed by atoms with Crippen LogP contribution in [0.15, 0.2) is 30.3 Å². The highest BCUT2D eigenvalue weighted by molar-refractivity contribution is 5.91. The topological polar surface area (TPSA) is 70.4 Å². The first-order chi connectivity index (χ1) is 9.51. The lowest BCUT2D eigenvalue weighted by Gasteiger charge is -2.03. The van der Waals surface area contributed by atoms with E-state index >= 15 is 0 Å². The Hall–Kier alpha value is -2.63. The number of hydrogen-bond donors (Lipinski definition) is 0. The van der Waals surface area contributed by atoms with Gasteiger partial charge in [-0.2, -0.15) is 5.10 Å². The molecular formula is C14H14N2O4. The van der Waals surface area contributed by atoms with E-state index in [1.807, 2.05) is 19.1 Å². The number of carbonyl (C=O) groups excluding carboxylic acids is 2. The third kappa shape index (κ3) is 2.85. The summed E-state index contributed by atoms with van der Waals surface area (Å²) < 4.78 is 11.1. The maximum absolute atomic E-state index is 11.9. The molecule has 2 aromatic rings. The monoisotopic (exact) mass is 274 g/mol. The summed E-state index contributed by atoms with van der Waals surface area (Å²) in [5.41, 5.74) is 1.56. The molecule has 0 aliphatic rings. The number of hydrogen-bond acceptors (Lipinski definition) is 5. The van der Waals surface area contributed by atoms with E-state index < -0.39 is 11.9 Å². The molecule has 0 aliphatic heterocycles. The molecule has 6 heteroatoms. The molecule has 2 rings (SSSR count). The zero-order chi connectivity index (χ0) is 14.7. The third-order valence-corrected chi connectivity index (χ3v) is 2.72. The minimum atomic E-state index is -0.585. The Morgan fingerprint density at radius 2 is 1.80 bits per heavy atom. The summed E-state index contributed by atoms with van der Waals surface area (Å²) in [7, 11) is 2.83. The van der Waals surface area contributed by atoms with Gasteiger partial charge in [-0.1, -0.05) is 17.7 Å². The molecule has 104 valence electrons. The van der Waals surface area contributed by atoms with Gasteiger partial charge in [-0.3, -0.25) is 0 Å². The fourth-order valence-corrected chi connectivity index (χ4v) is 1.59. The zero-order valence-corrected chi connectivity index (χ0v) is 11.4. The number of aromatic nitrogens is 2. The quantitative estimate of drug-likeness (QED) is 0.797. The van der Waals surface area contributed by atoms with Gasteiger partial charge in [0.05, 0.1) is 12.7 Å². The summed E-state index contributed by atoms with van der Waals surface area (Å²) >= 11 is 0. The molecular weight excluding hydrogens is 260 g/mol. The van der Waals surface area contributed by atoms with Crippen molar-refractivity contribution in [2.75, 3.05) is 7.11 Å². The molecule has 0 bridgehead atoms. The van der Waals surface area contributed by atoms with Crippen molar-refractivity contribution in [3.8, 4) is 5.88 Å². The summed E-state index contributed by atoms with van der Waals surface area (Å²) in [5.74, 6) is -0.918. The van der Waals surface area contributed by atoms with Crippen LogP contribution >= 0.6 is 0 Å². The lowest BCUT2D eigenvalue weighted by atomic mass is 10.1. The zero-order valence-electron chi connectivity index (χ0n) is 11.4. The van der Waals surface area contributed by atoms with Gasteiger partial charge >= 0.3 is 11.9 Å². The molecule has 1 heterocycles. The standard InChI is InChI=1S/C14H14N2O4/c1-9-4-6-10(7-5-9)13(17)20-12-8-11(14(18)19-3)15-16(12)2/h4-8H,1-3H3. The molecule has 0 N–H and O–H groups in total. The predicted octanol–water partition coefficient (Wildman–Crippen LogP) is 1.73. The van der Waals surface area contributed by atoms with Gasteiger partial charge in [0, 0.05) is 13.1 Å². The summed E-state index contributed by atoms with van der Waals surface area (Å²) in [5, 5.41) is 3.91. The van der Waals surface area contributed by atoms with Gasteiger partial charge in [0.1, 0.15) is 0 Å². The first-order valence-electron chi connectivity index (χ1n) is 5.92. The molecule has 0 radical (unpaired) electrons. The van der Waals surface area contributed by atoms with E-state index in [1.165, 1.54) is 17.9 Å². The van der Waals surface area contributed by atoms with Gasteiger partial charge in [0.2, 0.25) is 5.88 Å². The van der Waals surface area contributed by atoms with E-state index in [1.54, 1.807) is 19.2 Å². The molecule has 0 spiro atoms. The van der Waals surface area contributed by atoms with Crippen molar-refractivity contribution in [1.82, 2.24) is 9.78 Å². The minimum absolute atomic E-state index is 0.0849. The van der Waals surface area contributed by atoms with Crippen LogP contribution in [0.5, 0.6) is 5.88 Å². The van der Waals surface area contributed by atoms with Crippen molar-refractivity contribution in [2.24, 2.45) is 7.05 Å². The summed E-state index contributed by atoms with van der Waals surface area (Å²) in [6.45, 7) is 1.93. The number of benzene rings is 1. The maximum atomic E-state index is 11.9. The maximum Gasteiger partial charge on any atom is 0.358 e. The summed E-state index contributed by atoms with van der Waals surface area (Å²) in [4.78, 5) is 23.3. The Bertz CT molecular complexity index is 644. The molecule has 0 saturated heterocycles. The van der Waals surface area contributed by atoms with Crippen LogP contribution in [0.1, 0.15) is 26.4 Å². The van der Waals surface area contributed by atoms with E-state index in [9.17, 15) is 9.59 Å². The number of nitrogens with zero attached hydrogens (tertiary/aromatic N) is 2. The van der Waals surface area contributed by atoms with E-state index in [0.29, 0.717) is 5.56 Å². The number of aryl methyl sites for hydroxylation is 2. The molecule has 0 amide bonds. The molecule has 1 aromatic carbocycles. The highest BCUT2D eigenvalue weighted by Gasteiger charge is 2.17. The van der Waals surface area contributed by atoms with Gasteiger partial charge in [0.15, 0.2) is 5.69 Å². The number of rotatable bonds is 3. The van der Waals surface area contributed by atoms with Crippen molar-refractivity contribution in [2.45, 2.75) is 6.92 Å². The van der Waals surface area contributed by atoms with Crippen LogP contribution in [-0.2, 0) is 11.8 Å². The molecule has 20 heavy (non-hydrogen) atoms. The minimum Gasteiger partial charge on any atom is -0.464 e. The van der Waals surface area contributed by atoms with E-state index in [2.05, 4.69) is 9.84 Å². The van der Waals surface area contributed by atoms with Gasteiger partial charge in [-0.05, 0) is 19.1 Å². The smallest absolute Gasteiger partial charge is 0.358 e. The fourth-order valence-electron chi connectivity index (χ4n) is 1.59. The fraction of sp³-hybridized carbons (Fsp3) is 0.214. The SMILES string of the molecule is COC(=O)c1cc(OC(=O)c2ccc(C)cc2)n(C)n1. The Kier molecular flexibility index (Phi) is 3.84. The Balaban J connectivity index is 2.17. The van der Waals surface area contributed by atoms with Crippen LogP contribution in [-0.4, -0.2) is 28.8 Å². The van der Waals surface area contributed by atoms with Crippen LogP contribution in [0.4, 0.5) is 0 Å². The van der Waals surface area contributed by atoms with Crippen molar-refractivity contribution in [3.63, 3.8) is 0 Å². The number of carbonyl (C=O) groups is 2. The van der Waals surface area contributed by atoms with Crippen LogP contribution < -0.4 is 4.74 Å². The average Bonchev–Trinajstić information content (AvgIpc) is 2.80. The summed E-state index contributed by atoms with van der Waals surface area (Å²) in [6, 6.07) is 8.35. The lowest BCUT2D eigenvalue weighted by molar-refractivity contribution is 0.0592. The normalized spacial score (nSPS) is 10.2. The van der Waals surface area contributed by atoms with Crippen LogP contribution in [0.2, 0.25) is 0 Å². The van der Waals surface area contributed by atoms with E-state index in [0.717, 1.165) is 5.56 Å². The van der Waals surface area contributed by atoms with Gasteiger partial charge < -0.3 is 9.47 Å². The van der Waals surface area contributed by atoms with E-state index in [-0.39, 0.29) is 11.6 Å². The molecule has 0 saturated carbocycles. The summed E-state index contributed by atoms with van der Waals surface area (Å²) in [6.07, 6.45) is 0. The van der Waals surface area contributed by atoms with Gasteiger partial charge in [0.25, 0.3) is 0 Å². The van der Waals surface area contributed by atoms with Crippen molar-refractivity contribution in [1.29, 1.82) is 0 Å². The second-order valence-corrected chi connectivity index (χ2v) is 4.24. The van der Waals surface area contributed by atoms with Crippen LogP contribution in [0.3, 0.4) is 0 Å². The first-order valence-corrected chi connectivity index (χ1v) is 5.92. The number of methoxy groups -OCH3 is 1. The Morgan fingerprint density at radius 3 is 2.40 bits per heavy atom. The lowest BCUT2D eigenvalue weighted by Crippen LogP contribution is -2.10. The first kappa shape index (κ1) is 13.8. The number of ether oxygens (including phenoxy) is 2. The molecule has 1 aromatic heterocycles. The Labute approximate surface area is 115 Å². The molecule has 0 atom stereocenters. The van der Waals surface area contributed by atoms with Crippen molar-refractivity contribution >= 4 is 11.9 Å². The Morgan fingerprint density at radius 1 is 1.15 bits per heavy atom. The van der Waals surface area contributed by atoms with Gasteiger partial charge in [-0.15, -0.1) is 0 Å². The molecule has 0 aliphatic carbocycles. The molecule has 0 unspecified atom stereocenters. The van der Waals surface area contributed by atoms with Crippen LogP contribution in [0, 0.1) is 6.92 Å². The number of esters is 2. The molecule has 0 fully saturated rings. The molecule has 6 nitrogen and oxygen atoms in total. The third-order valence-electron chi connectivity index (χ3n) is 2.72.